The summed E-state index contributed by atoms with van der Waals surface area (Å²) < 4.78 is 6.47. The summed E-state index contributed by atoms with van der Waals surface area (Å²) in [5.74, 6) is 0. The Bertz CT molecular complexity index is 156. The molecule has 0 bridgehead atoms. The van der Waals surface area contributed by atoms with Crippen LogP contribution in [0.15, 0.2) is 50.6 Å². The summed E-state index contributed by atoms with van der Waals surface area (Å²) in [5, 5.41) is 0. The fraction of sp³-hybridized carbons (Fsp3) is 0.333. The summed E-state index contributed by atoms with van der Waals surface area (Å²) >= 11 is 3.64. The molecule has 0 amide bonds. The van der Waals surface area contributed by atoms with E-state index in [4.69, 9.17) is 4.66 Å². The van der Waals surface area contributed by atoms with E-state index in [0.717, 1.165) is 24.6 Å². The maximum absolute atomic E-state index is 6.47. The van der Waals surface area contributed by atoms with Crippen molar-refractivity contribution in [1.82, 2.24) is 0 Å². The van der Waals surface area contributed by atoms with Crippen molar-refractivity contribution in [3.63, 3.8) is 0 Å². The first-order valence-electron chi connectivity index (χ1n) is 4.85. The average Bonchev–Trinajstić information content (AvgIpc) is 2.22. The van der Waals surface area contributed by atoms with Crippen LogP contribution >= 0.6 is 19.1 Å². The maximum Gasteiger partial charge on any atom is 0.0579 e. The normalized spacial score (nSPS) is 10.5. The van der Waals surface area contributed by atoms with Crippen molar-refractivity contribution in [2.24, 2.45) is 0 Å². The second-order valence-corrected chi connectivity index (χ2v) is 8.10. The molecule has 0 aliphatic heterocycles. The summed E-state index contributed by atoms with van der Waals surface area (Å²) in [7, 11) is -1.27. The van der Waals surface area contributed by atoms with Crippen molar-refractivity contribution in [2.75, 3.05) is 24.6 Å². The van der Waals surface area contributed by atoms with E-state index < -0.39 is 7.26 Å². The quantitative estimate of drug-likeness (QED) is 0.514. The average molecular weight is 249 g/mol. The van der Waals surface area contributed by atoms with Gasteiger partial charge in [0, 0.05) is 0 Å². The van der Waals surface area contributed by atoms with Crippen molar-refractivity contribution >= 4 is 19.1 Å². The summed E-state index contributed by atoms with van der Waals surface area (Å²) in [6.07, 6.45) is 12.7. The molecule has 1 N–H and O–H groups in total. The Labute approximate surface area is 99.4 Å². The predicted octanol–water partition coefficient (Wildman–Crippen LogP) is 3.61. The van der Waals surface area contributed by atoms with Gasteiger partial charge in [-0.25, -0.2) is 0 Å². The van der Waals surface area contributed by atoms with Gasteiger partial charge in [0.2, 0.25) is 0 Å². The minimum Gasteiger partial charge on any atom is -0.295 e. The summed E-state index contributed by atoms with van der Waals surface area (Å²) in [4.78, 5) is 0. The van der Waals surface area contributed by atoms with Gasteiger partial charge in [-0.15, -0.1) is 0 Å². The van der Waals surface area contributed by atoms with Gasteiger partial charge in [0.15, 0.2) is 0 Å². The molecule has 0 saturated heterocycles. The molecule has 88 valence electrons. The van der Waals surface area contributed by atoms with E-state index in [9.17, 15) is 0 Å². The molecule has 0 saturated carbocycles. The fourth-order valence-electron chi connectivity index (χ4n) is 1.72. The first-order valence-corrected chi connectivity index (χ1v) is 8.02. The summed E-state index contributed by atoms with van der Waals surface area (Å²) in [6, 6.07) is 0. The van der Waals surface area contributed by atoms with Gasteiger partial charge in [-0.3, -0.25) is 4.66 Å². The fourth-order valence-corrected chi connectivity index (χ4v) is 5.17. The van der Waals surface area contributed by atoms with Gasteiger partial charge in [-0.2, -0.15) is 0 Å². The molecule has 0 unspecified atom stereocenters. The molecule has 1 nitrogen and oxygen atoms in total. The molecule has 0 rings (SSSR count). The minimum atomic E-state index is -1.27. The second kappa shape index (κ2) is 11.7. The summed E-state index contributed by atoms with van der Waals surface area (Å²) in [6.45, 7) is 15.3. The van der Waals surface area contributed by atoms with Crippen molar-refractivity contribution in [1.29, 1.82) is 0 Å². The Morgan fingerprint density at radius 3 is 1.07 bits per heavy atom. The molecule has 3 heteroatoms. The van der Waals surface area contributed by atoms with Crippen molar-refractivity contribution < 1.29 is 4.66 Å². The molecule has 0 atom stereocenters. The van der Waals surface area contributed by atoms with Crippen molar-refractivity contribution in [3.05, 3.63) is 50.6 Å². The van der Waals surface area contributed by atoms with Gasteiger partial charge in [0.25, 0.3) is 0 Å². The molecule has 0 radical (unpaired) electrons. The largest absolute Gasteiger partial charge is 0.295 e. The predicted molar refractivity (Wildman–Crippen MR) is 76.6 cm³/mol. The second-order valence-electron chi connectivity index (χ2n) is 3.47. The van der Waals surface area contributed by atoms with Gasteiger partial charge in [0.05, 0.1) is 11.9 Å². The van der Waals surface area contributed by atoms with E-state index in [2.05, 4.69) is 38.2 Å². The zero-order valence-electron chi connectivity index (χ0n) is 9.29. The summed E-state index contributed by atoms with van der Waals surface area (Å²) in [5.41, 5.74) is 0. The van der Waals surface area contributed by atoms with Gasteiger partial charge in [0.1, 0.15) is 0 Å². The van der Waals surface area contributed by atoms with Crippen LogP contribution in [0.5, 0.6) is 0 Å². The SMILES string of the molecule is C=CC[PH](CC=C)(CC=C)CC=C.OCl. The van der Waals surface area contributed by atoms with Crippen LogP contribution in [-0.4, -0.2) is 29.3 Å². The molecule has 0 aliphatic rings. The van der Waals surface area contributed by atoms with E-state index >= 15 is 0 Å². The molecule has 0 fully saturated rings. The molecule has 0 aromatic rings. The number of hydrogen-bond acceptors (Lipinski definition) is 1. The molecular formula is C12H22ClOP. The Balaban J connectivity index is 0. The van der Waals surface area contributed by atoms with E-state index in [1.165, 1.54) is 0 Å². The van der Waals surface area contributed by atoms with Crippen molar-refractivity contribution in [3.8, 4) is 0 Å². The molecule has 15 heavy (non-hydrogen) atoms. The van der Waals surface area contributed by atoms with Gasteiger partial charge < -0.3 is 0 Å². The third kappa shape index (κ3) is 7.56. The molecular weight excluding hydrogens is 227 g/mol. The monoisotopic (exact) mass is 248 g/mol. The van der Waals surface area contributed by atoms with Crippen LogP contribution in [0, 0.1) is 0 Å². The van der Waals surface area contributed by atoms with Gasteiger partial charge >= 0.3 is 82.5 Å². The zero-order chi connectivity index (χ0) is 12.2. The number of rotatable bonds is 8. The molecule has 0 aliphatic carbocycles. The number of allylic oxidation sites excluding steroid dienone is 4. The van der Waals surface area contributed by atoms with Crippen LogP contribution in [0.2, 0.25) is 0 Å². The van der Waals surface area contributed by atoms with Gasteiger partial charge in [-0.05, 0) is 0 Å². The molecule has 0 aromatic carbocycles. The Morgan fingerprint density at radius 2 is 0.933 bits per heavy atom. The Hall–Kier alpha value is -0.360. The van der Waals surface area contributed by atoms with Crippen LogP contribution < -0.4 is 0 Å². The molecule has 0 spiro atoms. The van der Waals surface area contributed by atoms with E-state index in [0.29, 0.717) is 0 Å². The topological polar surface area (TPSA) is 20.2 Å². The Kier molecular flexibility index (Phi) is 13.3. The smallest absolute Gasteiger partial charge is 0.0579 e. The standard InChI is InChI=1S/C12H21P.ClHO/c1-5-9-13(10-6-2,11-7-3)12-8-4;1-2/h5-8,13H,1-4,9-12H2;2H. The van der Waals surface area contributed by atoms with Crippen molar-refractivity contribution in [2.45, 2.75) is 0 Å². The van der Waals surface area contributed by atoms with E-state index in [-0.39, 0.29) is 0 Å². The van der Waals surface area contributed by atoms with E-state index in [1.54, 1.807) is 0 Å². The van der Waals surface area contributed by atoms with Crippen LogP contribution in [0.4, 0.5) is 0 Å². The van der Waals surface area contributed by atoms with Crippen LogP contribution in [-0.2, 0) is 0 Å². The maximum atomic E-state index is 6.47. The Morgan fingerprint density at radius 1 is 0.733 bits per heavy atom. The molecule has 0 heterocycles. The van der Waals surface area contributed by atoms with Crippen LogP contribution in [0.3, 0.4) is 0 Å². The van der Waals surface area contributed by atoms with E-state index in [1.807, 2.05) is 24.3 Å². The van der Waals surface area contributed by atoms with Crippen LogP contribution in [0.1, 0.15) is 0 Å². The first-order chi connectivity index (χ1) is 7.24. The third-order valence-corrected chi connectivity index (χ3v) is 6.93. The van der Waals surface area contributed by atoms with Crippen LogP contribution in [0.25, 0.3) is 0 Å². The molecule has 0 aromatic heterocycles. The minimum absolute atomic E-state index is 1.14. The third-order valence-electron chi connectivity index (χ3n) is 2.31. The zero-order valence-corrected chi connectivity index (χ0v) is 11.0. The first kappa shape index (κ1) is 17.0. The number of hydrogen-bond donors (Lipinski definition) is 1. The van der Waals surface area contributed by atoms with Gasteiger partial charge in [-0.1, -0.05) is 0 Å². The number of halogens is 1.